The van der Waals surface area contributed by atoms with Crippen LogP contribution in [0, 0.1) is 0 Å². The molecule has 2 N–H and O–H groups in total. The van der Waals surface area contributed by atoms with Crippen LogP contribution in [-0.4, -0.2) is 29.7 Å². The van der Waals surface area contributed by atoms with E-state index in [1.54, 1.807) is 0 Å². The lowest BCUT2D eigenvalue weighted by Gasteiger charge is -1.90. The van der Waals surface area contributed by atoms with Crippen LogP contribution in [0.25, 0.3) is 0 Å². The predicted molar refractivity (Wildman–Crippen MR) is 41.9 cm³/mol. The molecule has 1 aromatic heterocycles. The number of carbonyl (C=O) groups is 1. The summed E-state index contributed by atoms with van der Waals surface area (Å²) in [5, 5.41) is 14.6. The van der Waals surface area contributed by atoms with Gasteiger partial charge in [0.15, 0.2) is 15.5 Å². The Morgan fingerprint density at radius 3 is 2.77 bits per heavy atom. The summed E-state index contributed by atoms with van der Waals surface area (Å²) in [6.07, 6.45) is 0. The van der Waals surface area contributed by atoms with Crippen LogP contribution in [0.1, 0.15) is 21.7 Å². The maximum Gasteiger partial charge on any atom is 0.356 e. The molecule has 1 aliphatic heterocycles. The number of nitrogens with zero attached hydrogens (tertiary/aromatic N) is 1. The van der Waals surface area contributed by atoms with Crippen molar-refractivity contribution < 1.29 is 18.3 Å². The maximum absolute atomic E-state index is 11.1. The van der Waals surface area contributed by atoms with E-state index in [0.29, 0.717) is 11.3 Å². The molecule has 6 nitrogen and oxygen atoms in total. The van der Waals surface area contributed by atoms with Crippen LogP contribution < -0.4 is 0 Å². The van der Waals surface area contributed by atoms with Crippen LogP contribution in [-0.2, 0) is 21.3 Å². The molecule has 2 heterocycles. The van der Waals surface area contributed by atoms with Crippen LogP contribution in [0.4, 0.5) is 0 Å². The van der Waals surface area contributed by atoms with E-state index in [-0.39, 0.29) is 17.2 Å². The fourth-order valence-electron chi connectivity index (χ4n) is 1.34. The summed E-state index contributed by atoms with van der Waals surface area (Å²) in [4.78, 5) is 10.6. The van der Waals surface area contributed by atoms with E-state index < -0.39 is 15.8 Å². The zero-order chi connectivity index (χ0) is 9.64. The number of nitrogens with one attached hydrogen (secondary N) is 1. The number of aromatic amines is 1. The molecule has 2 rings (SSSR count). The van der Waals surface area contributed by atoms with E-state index >= 15 is 0 Å². The topological polar surface area (TPSA) is 100 Å². The van der Waals surface area contributed by atoms with E-state index in [2.05, 4.69) is 10.2 Å². The fourth-order valence-corrected chi connectivity index (χ4v) is 2.88. The summed E-state index contributed by atoms with van der Waals surface area (Å²) in [6, 6.07) is 0. The standard InChI is InChI=1S/C6H6N2O4S/c9-6(10)5-3-1-13(11,12)2-4(3)7-8-5/h1-2H2,(H,7,8)(H,9,10). The predicted octanol–water partition coefficient (Wildman–Crippen LogP) is -0.464. The Labute approximate surface area is 73.5 Å². The molecule has 0 atom stereocenters. The number of fused-ring (bicyclic) bond motifs is 1. The second kappa shape index (κ2) is 2.32. The van der Waals surface area contributed by atoms with Gasteiger partial charge in [-0.3, -0.25) is 5.10 Å². The first-order valence-electron chi connectivity index (χ1n) is 3.49. The van der Waals surface area contributed by atoms with Crippen LogP contribution in [0.5, 0.6) is 0 Å². The summed E-state index contributed by atoms with van der Waals surface area (Å²) in [7, 11) is -3.15. The van der Waals surface area contributed by atoms with Gasteiger partial charge in [-0.15, -0.1) is 0 Å². The number of carboxylic acids is 1. The second-order valence-corrected chi connectivity index (χ2v) is 4.93. The highest BCUT2D eigenvalue weighted by Gasteiger charge is 2.31. The van der Waals surface area contributed by atoms with Crippen molar-refractivity contribution in [1.29, 1.82) is 0 Å². The summed E-state index contributed by atoms with van der Waals surface area (Å²) < 4.78 is 22.2. The average Bonchev–Trinajstić information content (AvgIpc) is 2.41. The van der Waals surface area contributed by atoms with E-state index in [9.17, 15) is 13.2 Å². The first kappa shape index (κ1) is 8.24. The van der Waals surface area contributed by atoms with Gasteiger partial charge in [0.2, 0.25) is 0 Å². The van der Waals surface area contributed by atoms with Crippen molar-refractivity contribution in [2.75, 3.05) is 0 Å². The Morgan fingerprint density at radius 2 is 2.15 bits per heavy atom. The molecule has 0 amide bonds. The smallest absolute Gasteiger partial charge is 0.356 e. The second-order valence-electron chi connectivity index (χ2n) is 2.87. The normalized spacial score (nSPS) is 18.5. The number of aromatic carboxylic acids is 1. The van der Waals surface area contributed by atoms with E-state index in [0.717, 1.165) is 0 Å². The van der Waals surface area contributed by atoms with E-state index in [1.807, 2.05) is 0 Å². The fraction of sp³-hybridized carbons (Fsp3) is 0.333. The maximum atomic E-state index is 11.1. The molecule has 70 valence electrons. The van der Waals surface area contributed by atoms with Crippen molar-refractivity contribution in [3.8, 4) is 0 Å². The minimum absolute atomic E-state index is 0.136. The number of H-pyrrole nitrogens is 1. The molecular weight excluding hydrogens is 196 g/mol. The number of rotatable bonds is 1. The Kier molecular flexibility index (Phi) is 1.47. The minimum Gasteiger partial charge on any atom is -0.476 e. The molecular formula is C6H6N2O4S. The van der Waals surface area contributed by atoms with Gasteiger partial charge in [-0.25, -0.2) is 13.2 Å². The highest BCUT2D eigenvalue weighted by Crippen LogP contribution is 2.25. The average molecular weight is 202 g/mol. The van der Waals surface area contributed by atoms with Crippen LogP contribution in [0.2, 0.25) is 0 Å². The third-order valence-electron chi connectivity index (χ3n) is 1.88. The van der Waals surface area contributed by atoms with E-state index in [4.69, 9.17) is 5.11 Å². The number of sulfone groups is 1. The highest BCUT2D eigenvalue weighted by atomic mass is 32.2. The first-order valence-corrected chi connectivity index (χ1v) is 5.31. The number of hydrogen-bond acceptors (Lipinski definition) is 4. The van der Waals surface area contributed by atoms with Crippen LogP contribution in [0.3, 0.4) is 0 Å². The van der Waals surface area contributed by atoms with Crippen molar-refractivity contribution in [2.24, 2.45) is 0 Å². The minimum atomic E-state index is -3.15. The molecule has 7 heteroatoms. The summed E-state index contributed by atoms with van der Waals surface area (Å²) in [5.74, 6) is -1.56. The number of hydrogen-bond donors (Lipinski definition) is 2. The quantitative estimate of drug-likeness (QED) is 0.641. The lowest BCUT2D eigenvalue weighted by Crippen LogP contribution is -2.03. The largest absolute Gasteiger partial charge is 0.476 e. The zero-order valence-corrected chi connectivity index (χ0v) is 7.26. The molecule has 0 aromatic carbocycles. The van der Waals surface area contributed by atoms with Crippen molar-refractivity contribution >= 4 is 15.8 Å². The summed E-state index contributed by atoms with van der Waals surface area (Å²) >= 11 is 0. The zero-order valence-electron chi connectivity index (χ0n) is 6.44. The first-order chi connectivity index (χ1) is 5.99. The van der Waals surface area contributed by atoms with Gasteiger partial charge in [-0.1, -0.05) is 0 Å². The molecule has 1 aromatic rings. The molecule has 0 bridgehead atoms. The Balaban J connectivity index is 2.55. The van der Waals surface area contributed by atoms with Gasteiger partial charge in [0, 0.05) is 5.56 Å². The summed E-state index contributed by atoms with van der Waals surface area (Å²) in [6.45, 7) is 0. The molecule has 0 unspecified atom stereocenters. The van der Waals surface area contributed by atoms with Gasteiger partial charge < -0.3 is 5.11 Å². The van der Waals surface area contributed by atoms with Crippen molar-refractivity contribution in [2.45, 2.75) is 11.5 Å². The van der Waals surface area contributed by atoms with Crippen molar-refractivity contribution in [3.63, 3.8) is 0 Å². The lowest BCUT2D eigenvalue weighted by molar-refractivity contribution is 0.0689. The molecule has 13 heavy (non-hydrogen) atoms. The van der Waals surface area contributed by atoms with Crippen molar-refractivity contribution in [1.82, 2.24) is 10.2 Å². The monoisotopic (exact) mass is 202 g/mol. The third-order valence-corrected chi connectivity index (χ3v) is 3.34. The number of carboxylic acid groups (broad SMARTS) is 1. The third kappa shape index (κ3) is 1.21. The van der Waals surface area contributed by atoms with Gasteiger partial charge in [-0.2, -0.15) is 5.10 Å². The Morgan fingerprint density at radius 1 is 1.46 bits per heavy atom. The molecule has 1 aliphatic rings. The van der Waals surface area contributed by atoms with Crippen LogP contribution >= 0.6 is 0 Å². The Hall–Kier alpha value is -1.37. The molecule has 0 radical (unpaired) electrons. The van der Waals surface area contributed by atoms with Gasteiger partial charge in [0.05, 0.1) is 17.2 Å². The molecule has 0 aliphatic carbocycles. The molecule has 0 spiro atoms. The van der Waals surface area contributed by atoms with Crippen molar-refractivity contribution in [3.05, 3.63) is 17.0 Å². The number of aromatic nitrogens is 2. The molecule has 0 fully saturated rings. The Bertz CT molecular complexity index is 473. The molecule has 0 saturated heterocycles. The van der Waals surface area contributed by atoms with E-state index in [1.165, 1.54) is 0 Å². The lowest BCUT2D eigenvalue weighted by atomic mass is 10.2. The van der Waals surface area contributed by atoms with Gasteiger partial charge in [-0.05, 0) is 0 Å². The highest BCUT2D eigenvalue weighted by molar-refractivity contribution is 7.90. The summed E-state index contributed by atoms with van der Waals surface area (Å²) in [5.41, 5.74) is 0.515. The van der Waals surface area contributed by atoms with Gasteiger partial charge >= 0.3 is 5.97 Å². The van der Waals surface area contributed by atoms with Gasteiger partial charge in [0.25, 0.3) is 0 Å². The van der Waals surface area contributed by atoms with Gasteiger partial charge in [0.1, 0.15) is 0 Å². The SMILES string of the molecule is O=C(O)c1n[nH]c2c1CS(=O)(=O)C2. The van der Waals surface area contributed by atoms with Crippen LogP contribution in [0.15, 0.2) is 0 Å². The molecule has 0 saturated carbocycles.